The number of ether oxygens (including phenoxy) is 3. The molecule has 5 rings (SSSR count). The smallest absolute Gasteiger partial charge is 0.414 e. The van der Waals surface area contributed by atoms with Crippen molar-refractivity contribution in [3.8, 4) is 23.1 Å². The Morgan fingerprint density at radius 1 is 1.17 bits per heavy atom. The molecule has 1 amide bonds. The Kier molecular flexibility index (Phi) is 7.42. The lowest BCUT2D eigenvalue weighted by atomic mass is 10.0. The van der Waals surface area contributed by atoms with Crippen molar-refractivity contribution in [1.82, 2.24) is 19.5 Å². The highest BCUT2D eigenvalue weighted by atomic mass is 28.2. The van der Waals surface area contributed by atoms with Crippen LogP contribution in [-0.2, 0) is 15.7 Å². The van der Waals surface area contributed by atoms with Gasteiger partial charge in [-0.3, -0.25) is 9.47 Å². The summed E-state index contributed by atoms with van der Waals surface area (Å²) in [5.74, 6) is -0.868. The van der Waals surface area contributed by atoms with Gasteiger partial charge in [-0.25, -0.2) is 19.2 Å². The van der Waals surface area contributed by atoms with E-state index < -0.39 is 44.4 Å². The number of cyclic esters (lactones) is 1. The minimum Gasteiger partial charge on any atom is -0.455 e. The van der Waals surface area contributed by atoms with Crippen LogP contribution in [0.3, 0.4) is 0 Å². The number of rotatable bonds is 8. The summed E-state index contributed by atoms with van der Waals surface area (Å²) >= 11 is 0. The minimum absolute atomic E-state index is 0.0441. The van der Waals surface area contributed by atoms with Gasteiger partial charge in [0.15, 0.2) is 15.9 Å². The molecule has 2 aliphatic heterocycles. The molecule has 15 heteroatoms. The van der Waals surface area contributed by atoms with E-state index in [4.69, 9.17) is 18.6 Å². The summed E-state index contributed by atoms with van der Waals surface area (Å²) in [5, 5.41) is 11.0. The van der Waals surface area contributed by atoms with Gasteiger partial charge < -0.3 is 28.8 Å². The van der Waals surface area contributed by atoms with Gasteiger partial charge in [0, 0.05) is 28.5 Å². The number of nitrogens with zero attached hydrogens (tertiary/aromatic N) is 6. The van der Waals surface area contributed by atoms with E-state index in [0.29, 0.717) is 11.3 Å². The highest BCUT2D eigenvalue weighted by Crippen LogP contribution is 2.33. The second-order valence-corrected chi connectivity index (χ2v) is 14.4. The molecule has 4 heterocycles. The number of halogens is 1. The van der Waals surface area contributed by atoms with Crippen LogP contribution in [0, 0.1) is 15.9 Å². The van der Waals surface area contributed by atoms with E-state index in [1.807, 2.05) is 13.8 Å². The van der Waals surface area contributed by atoms with Gasteiger partial charge in [0.05, 0.1) is 24.4 Å². The highest BCUT2D eigenvalue weighted by Gasteiger charge is 2.43. The number of nitro groups is 1. The molecule has 2 aromatic heterocycles. The van der Waals surface area contributed by atoms with Crippen LogP contribution in [-0.4, -0.2) is 71.3 Å². The van der Waals surface area contributed by atoms with Gasteiger partial charge in [-0.2, -0.15) is 0 Å². The minimum atomic E-state index is -0.874. The van der Waals surface area contributed by atoms with Crippen LogP contribution >= 0.6 is 0 Å². The van der Waals surface area contributed by atoms with Crippen molar-refractivity contribution in [1.29, 1.82) is 0 Å². The first-order chi connectivity index (χ1) is 19.3. The van der Waals surface area contributed by atoms with Crippen molar-refractivity contribution in [2.75, 3.05) is 18.1 Å². The number of carbonyl (C=O) groups excluding carboxylic acids is 1. The van der Waals surface area contributed by atoms with E-state index in [-0.39, 0.29) is 48.1 Å². The topological polar surface area (TPSA) is 144 Å². The fraction of sp³-hybridized carbons (Fsp3) is 0.462. The lowest BCUT2D eigenvalue weighted by molar-refractivity contribution is -0.389. The summed E-state index contributed by atoms with van der Waals surface area (Å²) in [6.45, 7) is 10.8. The average molecular weight is 587 g/mol. The first kappa shape index (κ1) is 28.4. The molecule has 2 aliphatic rings. The van der Waals surface area contributed by atoms with Crippen molar-refractivity contribution < 1.29 is 32.7 Å². The molecule has 0 spiro atoms. The number of fused-ring (bicyclic) bond motifs is 1. The van der Waals surface area contributed by atoms with Crippen LogP contribution in [0.4, 0.5) is 20.7 Å². The molecule has 0 radical (unpaired) electrons. The number of aromatic nitrogens is 4. The molecule has 218 valence electrons. The van der Waals surface area contributed by atoms with E-state index in [1.165, 1.54) is 34.1 Å². The molecule has 13 nitrogen and oxygen atoms in total. The molecule has 1 aromatic carbocycles. The Bertz CT molecular complexity index is 1460. The highest BCUT2D eigenvalue weighted by molar-refractivity contribution is 6.31. The van der Waals surface area contributed by atoms with Gasteiger partial charge in [-0.15, -0.1) is 0 Å². The lowest BCUT2D eigenvalue weighted by Crippen LogP contribution is -2.43. The Morgan fingerprint density at radius 3 is 2.56 bits per heavy atom. The standard InChI is InChI=1S/C26H31FN6O7Si/c1-25(2,3)41-40-26(4,5)20-12-32(24(34)39-20)16-6-7-18(19(27)8-16)15-9-28-22(29-10-15)38-17-11-31-13-21(33(35)36)30-23(31)37-14-17/h6-10,13,17,20H,11-12,14,41H2,1-5H3/t17-,20+/m0/s1. The quantitative estimate of drug-likeness (QED) is 0.218. The van der Waals surface area contributed by atoms with E-state index in [0.717, 1.165) is 0 Å². The maximum absolute atomic E-state index is 15.2. The SMILES string of the molecule is CC(C)(C)[SiH2]OC(C)(C)[C@H]1CN(c2ccc(-c3cnc(O[C@@H]4COc5nc([N+](=O)[O-])cn5C4)nc3)c(F)c2)C(=O)O1. The number of imidazole rings is 1. The van der Waals surface area contributed by atoms with Gasteiger partial charge in [0.25, 0.3) is 0 Å². The zero-order chi connectivity index (χ0) is 29.5. The van der Waals surface area contributed by atoms with Crippen molar-refractivity contribution >= 4 is 27.4 Å². The van der Waals surface area contributed by atoms with Crippen molar-refractivity contribution in [3.05, 3.63) is 52.7 Å². The predicted molar refractivity (Wildman–Crippen MR) is 147 cm³/mol. The molecule has 1 fully saturated rings. The molecule has 0 aliphatic carbocycles. The molecule has 0 saturated carbocycles. The van der Waals surface area contributed by atoms with E-state index in [1.54, 1.807) is 12.1 Å². The van der Waals surface area contributed by atoms with Crippen LogP contribution in [0.1, 0.15) is 34.6 Å². The zero-order valence-electron chi connectivity index (χ0n) is 23.4. The normalized spacial score (nSPS) is 19.3. The maximum atomic E-state index is 15.2. The summed E-state index contributed by atoms with van der Waals surface area (Å²) in [5.41, 5.74) is 0.379. The Hall–Kier alpha value is -4.11. The summed E-state index contributed by atoms with van der Waals surface area (Å²) in [6.07, 6.45) is 2.58. The average Bonchev–Trinajstić information content (AvgIpc) is 3.52. The second kappa shape index (κ2) is 10.7. The molecule has 2 atom stereocenters. The molecular formula is C26H31FN6O7Si. The first-order valence-electron chi connectivity index (χ1n) is 13.0. The summed E-state index contributed by atoms with van der Waals surface area (Å²) < 4.78 is 39.7. The van der Waals surface area contributed by atoms with Crippen molar-refractivity contribution in [2.24, 2.45) is 0 Å². The van der Waals surface area contributed by atoms with Crippen LogP contribution in [0.15, 0.2) is 36.8 Å². The van der Waals surface area contributed by atoms with Gasteiger partial charge in [-0.1, -0.05) is 20.8 Å². The number of anilines is 1. The maximum Gasteiger partial charge on any atom is 0.414 e. The third-order valence-corrected chi connectivity index (χ3v) is 8.41. The molecular weight excluding hydrogens is 555 g/mol. The summed E-state index contributed by atoms with van der Waals surface area (Å²) in [4.78, 5) is 36.6. The van der Waals surface area contributed by atoms with Crippen molar-refractivity contribution in [3.63, 3.8) is 0 Å². The van der Waals surface area contributed by atoms with Crippen LogP contribution in [0.5, 0.6) is 12.0 Å². The first-order valence-corrected chi connectivity index (χ1v) is 14.3. The van der Waals surface area contributed by atoms with E-state index >= 15 is 4.39 Å². The van der Waals surface area contributed by atoms with Gasteiger partial charge in [-0.05, 0) is 42.0 Å². The third-order valence-electron chi connectivity index (χ3n) is 6.65. The molecule has 0 unspecified atom stereocenters. The molecule has 1 saturated heterocycles. The third kappa shape index (κ3) is 6.30. The Morgan fingerprint density at radius 2 is 1.90 bits per heavy atom. The lowest BCUT2D eigenvalue weighted by Gasteiger charge is -2.33. The largest absolute Gasteiger partial charge is 0.455 e. The van der Waals surface area contributed by atoms with E-state index in [9.17, 15) is 14.9 Å². The molecule has 0 N–H and O–H groups in total. The number of carbonyl (C=O) groups is 1. The second-order valence-electron chi connectivity index (χ2n) is 11.7. The fourth-order valence-corrected chi connectivity index (χ4v) is 5.32. The number of hydrogen-bond donors (Lipinski definition) is 0. The van der Waals surface area contributed by atoms with Crippen LogP contribution in [0.2, 0.25) is 5.04 Å². The van der Waals surface area contributed by atoms with E-state index in [2.05, 4.69) is 35.7 Å². The fourth-order valence-electron chi connectivity index (χ4n) is 4.33. The number of benzene rings is 1. The number of amides is 1. The van der Waals surface area contributed by atoms with Gasteiger partial charge in [0.2, 0.25) is 0 Å². The Balaban J connectivity index is 1.22. The van der Waals surface area contributed by atoms with Gasteiger partial charge in [0.1, 0.15) is 24.7 Å². The predicted octanol–water partition coefficient (Wildman–Crippen LogP) is 3.65. The monoisotopic (exact) mass is 586 g/mol. The van der Waals surface area contributed by atoms with Crippen LogP contribution in [0.25, 0.3) is 11.1 Å². The molecule has 41 heavy (non-hydrogen) atoms. The summed E-state index contributed by atoms with van der Waals surface area (Å²) in [7, 11) is -0.874. The molecule has 3 aromatic rings. The Labute approximate surface area is 237 Å². The number of hydrogen-bond acceptors (Lipinski definition) is 10. The van der Waals surface area contributed by atoms with Gasteiger partial charge >= 0.3 is 23.9 Å². The van der Waals surface area contributed by atoms with Crippen LogP contribution < -0.4 is 14.4 Å². The zero-order valence-corrected chi connectivity index (χ0v) is 24.8. The molecule has 0 bridgehead atoms. The van der Waals surface area contributed by atoms with Crippen molar-refractivity contribution in [2.45, 2.75) is 64.0 Å². The summed E-state index contributed by atoms with van der Waals surface area (Å²) in [6, 6.07) is 4.67.